The maximum absolute atomic E-state index is 13.3. The van der Waals surface area contributed by atoms with Crippen molar-refractivity contribution in [1.82, 2.24) is 21.0 Å². The molecule has 0 saturated heterocycles. The zero-order chi connectivity index (χ0) is 42.6. The van der Waals surface area contributed by atoms with E-state index >= 15 is 0 Å². The molecular weight excluding hydrogens is 736 g/mol. The number of carbonyl (C=O) groups excluding carboxylic acids is 6. The lowest BCUT2D eigenvalue weighted by atomic mass is 9.90. The number of carboxylic acid groups (broad SMARTS) is 2. The third kappa shape index (κ3) is 16.9. The summed E-state index contributed by atoms with van der Waals surface area (Å²) in [7, 11) is 2.50. The Hall–Kier alpha value is -6.14. The summed E-state index contributed by atoms with van der Waals surface area (Å²) in [5.41, 5.74) is 0.744. The van der Waals surface area contributed by atoms with Crippen molar-refractivity contribution in [3.05, 3.63) is 66.0 Å². The van der Waals surface area contributed by atoms with Crippen molar-refractivity contribution in [1.29, 1.82) is 0 Å². The number of hydrogen-bond donors (Lipinski definition) is 6. The lowest BCUT2D eigenvalue weighted by Gasteiger charge is -2.31. The minimum Gasteiger partial charge on any atom is -0.481 e. The largest absolute Gasteiger partial charge is 0.481 e. The lowest BCUT2D eigenvalue weighted by Crippen LogP contribution is -2.49. The predicted molar refractivity (Wildman–Crippen MR) is 202 cm³/mol. The maximum atomic E-state index is 13.3. The summed E-state index contributed by atoms with van der Waals surface area (Å²) in [4.78, 5) is 97.8. The number of aldehydes is 2. The molecule has 0 bridgehead atoms. The van der Waals surface area contributed by atoms with E-state index < -0.39 is 54.3 Å². The average Bonchev–Trinajstić information content (AvgIpc) is 3.70. The summed E-state index contributed by atoms with van der Waals surface area (Å²) in [5, 5.41) is 32.7. The number of amides is 3. The van der Waals surface area contributed by atoms with E-state index in [0.717, 1.165) is 25.0 Å². The number of furan rings is 1. The Morgan fingerprint density at radius 1 is 1.00 bits per heavy atom. The summed E-state index contributed by atoms with van der Waals surface area (Å²) in [5.74, 6) is -4.58. The van der Waals surface area contributed by atoms with Crippen LogP contribution in [0.5, 0.6) is 5.75 Å². The van der Waals surface area contributed by atoms with Gasteiger partial charge in [0, 0.05) is 19.1 Å². The van der Waals surface area contributed by atoms with E-state index in [1.54, 1.807) is 19.9 Å². The number of allylic oxidation sites excluding steroid dienone is 1. The molecule has 1 heterocycles. The second-order valence-corrected chi connectivity index (χ2v) is 11.4. The van der Waals surface area contributed by atoms with Crippen molar-refractivity contribution in [2.75, 3.05) is 27.4 Å². The van der Waals surface area contributed by atoms with Crippen LogP contribution in [-0.4, -0.2) is 109 Å². The van der Waals surface area contributed by atoms with E-state index in [2.05, 4.69) is 22.5 Å². The molecule has 308 valence electrons. The smallest absolute Gasteiger partial charge is 0.362 e. The number of likely N-dealkylation sites (N-methyl/N-ethyl adjacent to an activating group) is 1. The average molecular weight is 789 g/mol. The minimum atomic E-state index is -1.21. The van der Waals surface area contributed by atoms with Crippen LogP contribution in [0.1, 0.15) is 80.2 Å². The normalized spacial score (nSPS) is 12.0. The number of hydroxylamine groups is 2. The third-order valence-corrected chi connectivity index (χ3v) is 7.82. The van der Waals surface area contributed by atoms with Gasteiger partial charge in [-0.15, -0.1) is 0 Å². The molecule has 18 heteroatoms. The number of aliphatic carboxylic acids is 2. The first-order valence-electron chi connectivity index (χ1n) is 17.5. The Bertz CT molecular complexity index is 1640. The third-order valence-electron chi connectivity index (χ3n) is 7.82. The van der Waals surface area contributed by atoms with Crippen LogP contribution in [0.25, 0.3) is 11.3 Å². The summed E-state index contributed by atoms with van der Waals surface area (Å²) in [6.07, 6.45) is 7.46. The van der Waals surface area contributed by atoms with Gasteiger partial charge in [-0.3, -0.25) is 24.0 Å². The highest BCUT2D eigenvalue weighted by atomic mass is 16.7. The molecule has 0 fully saturated rings. The highest BCUT2D eigenvalue weighted by molar-refractivity contribution is 5.93. The second kappa shape index (κ2) is 28.3. The van der Waals surface area contributed by atoms with Gasteiger partial charge in [-0.05, 0) is 51.1 Å². The number of carboxylic acids is 2. The Kier molecular flexibility index (Phi) is 25.2. The van der Waals surface area contributed by atoms with Crippen molar-refractivity contribution < 1.29 is 67.7 Å². The van der Waals surface area contributed by atoms with Gasteiger partial charge in [0.15, 0.2) is 18.7 Å². The molecule has 2 rings (SSSR count). The number of carbonyl (C=O) groups is 8. The van der Waals surface area contributed by atoms with Crippen molar-refractivity contribution >= 4 is 48.7 Å². The molecule has 3 amide bonds. The van der Waals surface area contributed by atoms with Crippen molar-refractivity contribution in [3.8, 4) is 17.1 Å². The summed E-state index contributed by atoms with van der Waals surface area (Å²) >= 11 is 0. The van der Waals surface area contributed by atoms with E-state index in [0.29, 0.717) is 43.8 Å². The summed E-state index contributed by atoms with van der Waals surface area (Å²) in [6.45, 7) is 8.06. The first kappa shape index (κ1) is 49.9. The van der Waals surface area contributed by atoms with Crippen LogP contribution >= 0.6 is 0 Å². The fraction of sp³-hybridized carbons (Fsp3) is 0.421. The first-order chi connectivity index (χ1) is 26.8. The van der Waals surface area contributed by atoms with E-state index in [1.807, 2.05) is 6.92 Å². The highest BCUT2D eigenvalue weighted by Gasteiger charge is 2.33. The first-order valence-corrected chi connectivity index (χ1v) is 17.5. The number of hydrogen-bond acceptors (Lipinski definition) is 13. The van der Waals surface area contributed by atoms with Crippen LogP contribution in [-0.2, 0) is 33.6 Å². The fourth-order valence-electron chi connectivity index (χ4n) is 4.92. The molecule has 1 aromatic carbocycles. The monoisotopic (exact) mass is 788 g/mol. The predicted octanol–water partition coefficient (Wildman–Crippen LogP) is 2.91. The van der Waals surface area contributed by atoms with Crippen molar-refractivity contribution in [3.63, 3.8) is 0 Å². The van der Waals surface area contributed by atoms with Gasteiger partial charge in [0.05, 0.1) is 29.8 Å². The van der Waals surface area contributed by atoms with Gasteiger partial charge in [-0.2, -0.15) is 5.06 Å². The zero-order valence-corrected chi connectivity index (χ0v) is 32.1. The van der Waals surface area contributed by atoms with Gasteiger partial charge in [0.25, 0.3) is 5.91 Å². The van der Waals surface area contributed by atoms with E-state index in [-0.39, 0.29) is 41.5 Å². The maximum Gasteiger partial charge on any atom is 0.362 e. The second-order valence-electron chi connectivity index (χ2n) is 11.4. The number of unbranched alkanes of at least 4 members (excludes halogenated alkanes) is 2. The van der Waals surface area contributed by atoms with Crippen molar-refractivity contribution in [2.45, 2.75) is 71.4 Å². The van der Waals surface area contributed by atoms with E-state index in [4.69, 9.17) is 29.3 Å². The zero-order valence-electron chi connectivity index (χ0n) is 32.1. The van der Waals surface area contributed by atoms with Gasteiger partial charge in [0.2, 0.25) is 12.3 Å². The van der Waals surface area contributed by atoms with Crippen LogP contribution < -0.4 is 20.7 Å². The van der Waals surface area contributed by atoms with Crippen molar-refractivity contribution in [2.24, 2.45) is 5.92 Å². The summed E-state index contributed by atoms with van der Waals surface area (Å²) < 4.78 is 10.8. The van der Waals surface area contributed by atoms with Crippen LogP contribution in [0, 0.1) is 5.92 Å². The molecule has 0 radical (unpaired) electrons. The van der Waals surface area contributed by atoms with Gasteiger partial charge >= 0.3 is 17.9 Å². The molecule has 3 unspecified atom stereocenters. The SMILES string of the molecule is C=C/C(=C\C)C(=O)ON(C=O)C(CC)C(CCCCC)C(=O)NCNC(=O)c1ccc(-c2ccc(C=O)c(OCC(=O)O)c2)o1.CNC(CC=O)C(=O)O.CO. The molecule has 18 nitrogen and oxygen atoms in total. The molecule has 0 aliphatic heterocycles. The number of nitrogens with one attached hydrogen (secondary N) is 3. The van der Waals surface area contributed by atoms with Gasteiger partial charge in [0.1, 0.15) is 23.8 Å². The number of ether oxygens (including phenoxy) is 1. The number of nitrogens with zero attached hydrogens (tertiary/aromatic N) is 1. The molecule has 0 saturated carbocycles. The molecule has 6 N–H and O–H groups in total. The fourth-order valence-corrected chi connectivity index (χ4v) is 4.92. The molecule has 1 aromatic heterocycles. The Balaban J connectivity index is 0.00000240. The molecule has 0 aliphatic carbocycles. The molecule has 3 atom stereocenters. The standard InChI is InChI=1S/C32H39N3O10.C5H9NO3.CH4O/c1-5-9-10-11-24(25(8-4)35(20-37)45-32(42)21(6-2)7-3)30(40)33-19-34-31(41)27-15-14-26(44-27)22-12-13-23(17-36)28(16-22)43-18-29(38)39;1-6-4(2-3-7)5(8)9;1-2/h6-7,12-17,20,24-25H,2,5,8-11,18-19H2,1,3-4H3,(H,33,40)(H,34,41)(H,38,39);3-4,6H,2H2,1H3,(H,8,9);2H,1H3/b21-7+;;. The van der Waals surface area contributed by atoms with Crippen LogP contribution in [0.15, 0.2) is 59.1 Å². The molecule has 56 heavy (non-hydrogen) atoms. The Morgan fingerprint density at radius 2 is 1.70 bits per heavy atom. The van der Waals surface area contributed by atoms with Gasteiger partial charge in [-0.1, -0.05) is 57.9 Å². The minimum absolute atomic E-state index is 0.0197. The number of benzene rings is 1. The Labute approximate surface area is 324 Å². The number of aliphatic hydroxyl groups excluding tert-OH is 1. The van der Waals surface area contributed by atoms with E-state index in [9.17, 15) is 38.4 Å². The number of aliphatic hydroxyl groups is 1. The molecule has 2 aromatic rings. The quantitative estimate of drug-likeness (QED) is 0.0223. The van der Waals surface area contributed by atoms with Crippen LogP contribution in [0.2, 0.25) is 0 Å². The topological polar surface area (TPSA) is 268 Å². The molecular formula is C38H52N4O14. The molecule has 0 spiro atoms. The van der Waals surface area contributed by atoms with Gasteiger partial charge in [-0.25, -0.2) is 9.59 Å². The lowest BCUT2D eigenvalue weighted by molar-refractivity contribution is -0.200. The summed E-state index contributed by atoms with van der Waals surface area (Å²) in [6, 6.07) is 5.85. The van der Waals surface area contributed by atoms with Gasteiger partial charge < -0.3 is 50.1 Å². The number of rotatable bonds is 24. The van der Waals surface area contributed by atoms with E-state index in [1.165, 1.54) is 43.5 Å². The van der Waals surface area contributed by atoms with Crippen LogP contribution in [0.3, 0.4) is 0 Å². The Morgan fingerprint density at radius 3 is 2.20 bits per heavy atom. The highest BCUT2D eigenvalue weighted by Crippen LogP contribution is 2.28. The molecule has 0 aliphatic rings. The van der Waals surface area contributed by atoms with Crippen LogP contribution in [0.4, 0.5) is 0 Å².